The minimum absolute atomic E-state index is 0.120. The molecule has 1 aliphatic rings. The fourth-order valence-corrected chi connectivity index (χ4v) is 9.01. The molecular weight excluding hydrogens is 534 g/mol. The predicted octanol–water partition coefficient (Wildman–Crippen LogP) is 6.19. The molecule has 43 heavy (non-hydrogen) atoms. The van der Waals surface area contributed by atoms with Crippen molar-refractivity contribution in [2.45, 2.75) is 51.3 Å². The van der Waals surface area contributed by atoms with E-state index in [9.17, 15) is 0 Å². The second-order valence-electron chi connectivity index (χ2n) is 12.5. The van der Waals surface area contributed by atoms with E-state index in [1.165, 1.54) is 86.7 Å². The first-order chi connectivity index (χ1) is 20.8. The van der Waals surface area contributed by atoms with Crippen LogP contribution in [0.2, 0.25) is 0 Å². The predicted molar refractivity (Wildman–Crippen MR) is 192 cm³/mol. The molecule has 0 atom stereocenters. The first-order valence-corrected chi connectivity index (χ1v) is 16.2. The smallest absolute Gasteiger partial charge is 0.0912 e. The zero-order chi connectivity index (χ0) is 29.8. The second kappa shape index (κ2) is 11.0. The summed E-state index contributed by atoms with van der Waals surface area (Å²) in [5.41, 5.74) is 16.5. The Labute approximate surface area is 261 Å². The molecule has 0 radical (unpaired) electrons. The Hall–Kier alpha value is -3.94. The molecule has 0 fully saturated rings. The molecule has 6 aromatic carbocycles. The zero-order valence-electron chi connectivity index (χ0n) is 26.0. The normalized spacial score (nSPS) is 12.3. The van der Waals surface area contributed by atoms with Gasteiger partial charge in [0.1, 0.15) is 0 Å². The van der Waals surface area contributed by atoms with Gasteiger partial charge in [0.15, 0.2) is 0 Å². The summed E-state index contributed by atoms with van der Waals surface area (Å²) in [6.45, 7) is 13.9. The highest BCUT2D eigenvalue weighted by Gasteiger charge is 2.35. The average molecular weight is 570 g/mol. The maximum Gasteiger partial charge on any atom is 0.244 e. The van der Waals surface area contributed by atoms with Gasteiger partial charge >= 0.3 is 0 Å². The van der Waals surface area contributed by atoms with E-state index in [1.807, 2.05) is 11.8 Å². The summed E-state index contributed by atoms with van der Waals surface area (Å²) in [7, 11) is 0. The molecule has 3 heteroatoms. The van der Waals surface area contributed by atoms with Gasteiger partial charge in [0, 0.05) is 9.79 Å². The Morgan fingerprint density at radius 3 is 1.44 bits per heavy atom. The van der Waals surface area contributed by atoms with E-state index in [0.29, 0.717) is 0 Å². The first kappa shape index (κ1) is 27.9. The lowest BCUT2D eigenvalue weighted by Crippen LogP contribution is -2.59. The number of fused-ring (bicyclic) bond motifs is 3. The molecule has 0 N–H and O–H groups in total. The van der Waals surface area contributed by atoms with Crippen molar-refractivity contribution in [1.82, 2.24) is 0 Å². The molecule has 0 nitrogen and oxygen atoms in total. The summed E-state index contributed by atoms with van der Waals surface area (Å²) in [5.74, 6) is 0. The third-order valence-corrected chi connectivity index (χ3v) is 10.5. The van der Waals surface area contributed by atoms with Gasteiger partial charge < -0.3 is 0 Å². The summed E-state index contributed by atoms with van der Waals surface area (Å²) in [6.07, 6.45) is 0. The lowest BCUT2D eigenvalue weighted by atomic mass is 9.31. The maximum absolute atomic E-state index is 2.41. The van der Waals surface area contributed by atoms with Crippen molar-refractivity contribution in [3.8, 4) is 0 Å². The van der Waals surface area contributed by atoms with Crippen LogP contribution >= 0.6 is 11.8 Å². The summed E-state index contributed by atoms with van der Waals surface area (Å²) in [6, 6.07) is 41.4. The molecular formula is C40H36B2S. The summed E-state index contributed by atoms with van der Waals surface area (Å²) in [5, 5.41) is 2.69. The lowest BCUT2D eigenvalue weighted by molar-refractivity contribution is 1.34. The number of hydrogen-bond donors (Lipinski definition) is 0. The second-order valence-corrected chi connectivity index (χ2v) is 13.5. The van der Waals surface area contributed by atoms with E-state index in [2.05, 4.69) is 151 Å². The molecule has 0 spiro atoms. The van der Waals surface area contributed by atoms with Crippen LogP contribution in [0.1, 0.15) is 33.4 Å². The summed E-state index contributed by atoms with van der Waals surface area (Å²) >= 11 is 1.90. The third-order valence-electron chi connectivity index (χ3n) is 9.32. The molecule has 0 saturated heterocycles. The first-order valence-electron chi connectivity index (χ1n) is 15.3. The van der Waals surface area contributed by atoms with Gasteiger partial charge in [-0.25, -0.2) is 0 Å². The van der Waals surface area contributed by atoms with Crippen LogP contribution < -0.4 is 32.8 Å². The van der Waals surface area contributed by atoms with Crippen LogP contribution in [0.4, 0.5) is 0 Å². The van der Waals surface area contributed by atoms with Crippen molar-refractivity contribution in [3.63, 3.8) is 0 Å². The summed E-state index contributed by atoms with van der Waals surface area (Å²) in [4.78, 5) is 2.71. The van der Waals surface area contributed by atoms with Gasteiger partial charge in [-0.3, -0.25) is 0 Å². The fraction of sp³-hybridized carbons (Fsp3) is 0.150. The molecule has 1 heterocycles. The molecule has 0 saturated carbocycles. The zero-order valence-corrected chi connectivity index (χ0v) is 26.8. The van der Waals surface area contributed by atoms with Crippen LogP contribution in [0.25, 0.3) is 10.8 Å². The number of hydrogen-bond acceptors (Lipinski definition) is 1. The molecule has 7 rings (SSSR count). The standard InChI is InChI=1S/C40H36B2S/c1-25-21-27(3)39(28(4)22-25)42(40-29(5)23-26(2)24-30(40)6)35-18-12-14-31-13-11-17-34(38(31)35)41-32-15-7-9-19-36(32)43-37-20-10-8-16-33(37)41/h7-24H,1-6H3. The molecule has 0 aliphatic carbocycles. The molecule has 1 aliphatic heterocycles. The monoisotopic (exact) mass is 570 g/mol. The van der Waals surface area contributed by atoms with E-state index in [1.54, 1.807) is 0 Å². The largest absolute Gasteiger partial charge is 0.244 e. The van der Waals surface area contributed by atoms with Crippen LogP contribution in [0.5, 0.6) is 0 Å². The number of rotatable bonds is 4. The molecule has 6 aromatic rings. The Kier molecular flexibility index (Phi) is 7.10. The van der Waals surface area contributed by atoms with Gasteiger partial charge in [-0.1, -0.05) is 175 Å². The Morgan fingerprint density at radius 2 is 0.930 bits per heavy atom. The Morgan fingerprint density at radius 1 is 0.488 bits per heavy atom. The molecule has 208 valence electrons. The van der Waals surface area contributed by atoms with E-state index in [-0.39, 0.29) is 13.4 Å². The van der Waals surface area contributed by atoms with Crippen molar-refractivity contribution in [2.75, 3.05) is 0 Å². The van der Waals surface area contributed by atoms with Gasteiger partial charge in [-0.2, -0.15) is 0 Å². The summed E-state index contributed by atoms with van der Waals surface area (Å²) < 4.78 is 0. The van der Waals surface area contributed by atoms with Crippen LogP contribution in [0.15, 0.2) is 119 Å². The molecule has 0 amide bonds. The maximum atomic E-state index is 2.41. The van der Waals surface area contributed by atoms with Crippen molar-refractivity contribution in [1.29, 1.82) is 0 Å². The molecule has 0 unspecified atom stereocenters. The highest BCUT2D eigenvalue weighted by Crippen LogP contribution is 2.30. The van der Waals surface area contributed by atoms with Gasteiger partial charge in [0.2, 0.25) is 13.4 Å². The van der Waals surface area contributed by atoms with Crippen LogP contribution in [-0.4, -0.2) is 13.4 Å². The quantitative estimate of drug-likeness (QED) is 0.228. The van der Waals surface area contributed by atoms with Crippen LogP contribution in [-0.2, 0) is 0 Å². The van der Waals surface area contributed by atoms with Gasteiger partial charge in [0.05, 0.1) is 0 Å². The SMILES string of the molecule is Cc1cc(C)c(B(c2c(C)cc(C)cc2C)c2cccc3cccc(B4c5ccccc5Sc5ccccc54)c23)c(C)c1. The van der Waals surface area contributed by atoms with Crippen molar-refractivity contribution >= 4 is 68.7 Å². The average Bonchev–Trinajstić information content (AvgIpc) is 2.97. The Balaban J connectivity index is 1.59. The minimum atomic E-state index is 0.120. The van der Waals surface area contributed by atoms with E-state index >= 15 is 0 Å². The van der Waals surface area contributed by atoms with Gasteiger partial charge in [-0.05, 0) is 64.4 Å². The van der Waals surface area contributed by atoms with Crippen molar-refractivity contribution in [2.24, 2.45) is 0 Å². The van der Waals surface area contributed by atoms with Gasteiger partial charge in [-0.15, -0.1) is 0 Å². The molecule has 0 aromatic heterocycles. The molecule has 0 bridgehead atoms. The highest BCUT2D eigenvalue weighted by atomic mass is 32.2. The fourth-order valence-electron chi connectivity index (χ4n) is 7.87. The van der Waals surface area contributed by atoms with Crippen molar-refractivity contribution < 1.29 is 0 Å². The van der Waals surface area contributed by atoms with Crippen molar-refractivity contribution in [3.05, 3.63) is 143 Å². The number of aryl methyl sites for hydroxylation is 6. The van der Waals surface area contributed by atoms with Crippen LogP contribution in [0.3, 0.4) is 0 Å². The van der Waals surface area contributed by atoms with E-state index < -0.39 is 0 Å². The highest BCUT2D eigenvalue weighted by molar-refractivity contribution is 8.00. The van der Waals surface area contributed by atoms with E-state index in [0.717, 1.165) is 0 Å². The van der Waals surface area contributed by atoms with Crippen LogP contribution in [0, 0.1) is 41.5 Å². The Bertz CT molecular complexity index is 1890. The third kappa shape index (κ3) is 4.75. The minimum Gasteiger partial charge on any atom is -0.0912 e. The topological polar surface area (TPSA) is 0 Å². The lowest BCUT2D eigenvalue weighted by Gasteiger charge is -2.29. The van der Waals surface area contributed by atoms with Gasteiger partial charge in [0.25, 0.3) is 0 Å². The number of benzene rings is 6. The van der Waals surface area contributed by atoms with E-state index in [4.69, 9.17) is 0 Å².